The molecule has 0 aliphatic heterocycles. The summed E-state index contributed by atoms with van der Waals surface area (Å²) in [6, 6.07) is 12.6. The first-order valence-corrected chi connectivity index (χ1v) is 10.4. The first kappa shape index (κ1) is 21.4. The van der Waals surface area contributed by atoms with E-state index in [1.54, 1.807) is 33.5 Å². The quantitative estimate of drug-likeness (QED) is 0.483. The summed E-state index contributed by atoms with van der Waals surface area (Å²) < 4.78 is 13.8. The summed E-state index contributed by atoms with van der Waals surface area (Å²) in [5.41, 5.74) is 1.91. The number of ether oxygens (including phenoxy) is 2. The number of nitrogens with one attached hydrogen (secondary N) is 1. The third-order valence-electron chi connectivity index (χ3n) is 5.75. The van der Waals surface area contributed by atoms with Crippen LogP contribution in [0.1, 0.15) is 24.9 Å². The van der Waals surface area contributed by atoms with Gasteiger partial charge in [-0.05, 0) is 24.6 Å². The first-order chi connectivity index (χ1) is 15.5. The van der Waals surface area contributed by atoms with Crippen molar-refractivity contribution in [3.63, 3.8) is 0 Å². The Labute approximate surface area is 185 Å². The molecule has 0 aliphatic carbocycles. The van der Waals surface area contributed by atoms with Crippen LogP contribution in [-0.2, 0) is 18.4 Å². The molecule has 32 heavy (non-hydrogen) atoms. The minimum atomic E-state index is -0.559. The maximum absolute atomic E-state index is 13.3. The molecule has 1 N–H and O–H groups in total. The number of rotatable bonds is 7. The molecule has 0 saturated heterocycles. The lowest BCUT2D eigenvalue weighted by Gasteiger charge is -2.20. The summed E-state index contributed by atoms with van der Waals surface area (Å²) >= 11 is 0. The summed E-state index contributed by atoms with van der Waals surface area (Å²) in [5.74, 6) is 1.14. The number of hydrogen-bond acceptors (Lipinski definition) is 5. The van der Waals surface area contributed by atoms with Crippen LogP contribution in [0, 0.1) is 0 Å². The van der Waals surface area contributed by atoms with Crippen molar-refractivity contribution < 1.29 is 14.3 Å². The lowest BCUT2D eigenvalue weighted by molar-refractivity contribution is -0.124. The summed E-state index contributed by atoms with van der Waals surface area (Å²) in [5, 5.41) is 8.83. The van der Waals surface area contributed by atoms with Gasteiger partial charge in [0.2, 0.25) is 5.91 Å². The standard InChI is InChI=1S/C24H26N4O4/c1-5-19(23(29)25-13-15-10-11-16(31-3)12-21(15)32-4)28-20-9-7-6-8-17(20)18-14-26-27(2)24(30)22(18)28/h6-12,14,19H,5,13H2,1-4H3,(H,25,29)/t19-/m0/s1. The molecule has 4 rings (SSSR count). The number of carbonyl (C=O) groups excluding carboxylic acids is 1. The number of hydrogen-bond donors (Lipinski definition) is 1. The van der Waals surface area contributed by atoms with E-state index in [1.807, 2.05) is 47.9 Å². The molecule has 2 heterocycles. The van der Waals surface area contributed by atoms with Crippen LogP contribution in [0.25, 0.3) is 21.8 Å². The van der Waals surface area contributed by atoms with Crippen LogP contribution in [0.2, 0.25) is 0 Å². The SMILES string of the molecule is CC[C@@H](C(=O)NCc1ccc(OC)cc1OC)n1c2ccccc2c2cnn(C)c(=O)c21. The molecule has 8 nitrogen and oxygen atoms in total. The molecule has 0 unspecified atom stereocenters. The van der Waals surface area contributed by atoms with E-state index >= 15 is 0 Å². The van der Waals surface area contributed by atoms with Gasteiger partial charge in [0, 0.05) is 36.0 Å². The van der Waals surface area contributed by atoms with E-state index in [0.717, 1.165) is 21.9 Å². The van der Waals surface area contributed by atoms with Gasteiger partial charge in [0.05, 0.1) is 25.9 Å². The molecular formula is C24H26N4O4. The Morgan fingerprint density at radius 3 is 2.62 bits per heavy atom. The molecule has 4 aromatic rings. The average Bonchev–Trinajstić information content (AvgIpc) is 3.15. The van der Waals surface area contributed by atoms with Crippen LogP contribution in [0.15, 0.2) is 53.5 Å². The third-order valence-corrected chi connectivity index (χ3v) is 5.75. The minimum Gasteiger partial charge on any atom is -0.497 e. The largest absolute Gasteiger partial charge is 0.497 e. The summed E-state index contributed by atoms with van der Waals surface area (Å²) in [6.07, 6.45) is 2.20. The van der Waals surface area contributed by atoms with Gasteiger partial charge in [-0.15, -0.1) is 0 Å². The van der Waals surface area contributed by atoms with Gasteiger partial charge in [0.15, 0.2) is 0 Å². The minimum absolute atomic E-state index is 0.174. The molecule has 0 radical (unpaired) electrons. The number of fused-ring (bicyclic) bond motifs is 3. The fraction of sp³-hybridized carbons (Fsp3) is 0.292. The smallest absolute Gasteiger partial charge is 0.291 e. The summed E-state index contributed by atoms with van der Waals surface area (Å²) in [4.78, 5) is 26.3. The number of amides is 1. The number of aryl methyl sites for hydroxylation is 1. The van der Waals surface area contributed by atoms with Gasteiger partial charge < -0.3 is 19.4 Å². The molecule has 8 heteroatoms. The second-order valence-electron chi connectivity index (χ2n) is 7.54. The van der Waals surface area contributed by atoms with Crippen molar-refractivity contribution >= 4 is 27.7 Å². The second kappa shape index (κ2) is 8.74. The van der Waals surface area contributed by atoms with E-state index in [0.29, 0.717) is 30.0 Å². The highest BCUT2D eigenvalue weighted by Gasteiger charge is 2.25. The fourth-order valence-electron chi connectivity index (χ4n) is 4.10. The maximum atomic E-state index is 13.3. The number of carbonyl (C=O) groups is 1. The van der Waals surface area contributed by atoms with Crippen molar-refractivity contribution in [1.29, 1.82) is 0 Å². The summed E-state index contributed by atoms with van der Waals surface area (Å²) in [6.45, 7) is 2.23. The van der Waals surface area contributed by atoms with Gasteiger partial charge in [-0.25, -0.2) is 4.68 Å². The van der Waals surface area contributed by atoms with Gasteiger partial charge in [-0.2, -0.15) is 5.10 Å². The molecule has 2 aromatic heterocycles. The Kier molecular flexibility index (Phi) is 5.85. The van der Waals surface area contributed by atoms with Crippen molar-refractivity contribution in [1.82, 2.24) is 19.7 Å². The Hall–Kier alpha value is -3.81. The predicted molar refractivity (Wildman–Crippen MR) is 123 cm³/mol. The number of nitrogens with zero attached hydrogens (tertiary/aromatic N) is 3. The van der Waals surface area contributed by atoms with Gasteiger partial charge in [-0.3, -0.25) is 9.59 Å². The molecule has 0 spiro atoms. The molecule has 0 aliphatic rings. The predicted octanol–water partition coefficient (Wildman–Crippen LogP) is 3.17. The zero-order valence-corrected chi connectivity index (χ0v) is 18.6. The Morgan fingerprint density at radius 2 is 1.91 bits per heavy atom. The van der Waals surface area contributed by atoms with Crippen LogP contribution in [0.3, 0.4) is 0 Å². The van der Waals surface area contributed by atoms with E-state index in [2.05, 4.69) is 10.4 Å². The average molecular weight is 434 g/mol. The lowest BCUT2D eigenvalue weighted by atomic mass is 10.1. The van der Waals surface area contributed by atoms with Gasteiger partial charge in [0.25, 0.3) is 5.56 Å². The number of benzene rings is 2. The lowest BCUT2D eigenvalue weighted by Crippen LogP contribution is -2.33. The Bertz CT molecular complexity index is 1360. The van der Waals surface area contributed by atoms with Crippen molar-refractivity contribution in [2.75, 3.05) is 14.2 Å². The van der Waals surface area contributed by atoms with Gasteiger partial charge in [0.1, 0.15) is 23.1 Å². The molecule has 166 valence electrons. The molecular weight excluding hydrogens is 408 g/mol. The normalized spacial score (nSPS) is 12.1. The van der Waals surface area contributed by atoms with Crippen LogP contribution >= 0.6 is 0 Å². The molecule has 0 fully saturated rings. The zero-order chi connectivity index (χ0) is 22.8. The van der Waals surface area contributed by atoms with Crippen LogP contribution in [-0.4, -0.2) is 34.5 Å². The van der Waals surface area contributed by atoms with Gasteiger partial charge in [-0.1, -0.05) is 25.1 Å². The van der Waals surface area contributed by atoms with Crippen LogP contribution < -0.4 is 20.3 Å². The number of methoxy groups -OCH3 is 2. The highest BCUT2D eigenvalue weighted by Crippen LogP contribution is 2.31. The molecule has 0 saturated carbocycles. The van der Waals surface area contributed by atoms with Crippen LogP contribution in [0.5, 0.6) is 11.5 Å². The monoisotopic (exact) mass is 434 g/mol. The van der Waals surface area contributed by atoms with E-state index in [-0.39, 0.29) is 11.5 Å². The first-order valence-electron chi connectivity index (χ1n) is 10.4. The van der Waals surface area contributed by atoms with Gasteiger partial charge >= 0.3 is 0 Å². The highest BCUT2D eigenvalue weighted by molar-refractivity contribution is 6.08. The van der Waals surface area contributed by atoms with Crippen molar-refractivity contribution in [3.8, 4) is 11.5 Å². The van der Waals surface area contributed by atoms with E-state index in [9.17, 15) is 9.59 Å². The molecule has 1 atom stereocenters. The maximum Gasteiger partial charge on any atom is 0.291 e. The molecule has 0 bridgehead atoms. The number of para-hydroxylation sites is 1. The van der Waals surface area contributed by atoms with E-state index in [4.69, 9.17) is 9.47 Å². The summed E-state index contributed by atoms with van der Waals surface area (Å²) in [7, 11) is 4.78. The number of aromatic nitrogens is 3. The molecule has 2 aromatic carbocycles. The highest BCUT2D eigenvalue weighted by atomic mass is 16.5. The topological polar surface area (TPSA) is 87.4 Å². The van der Waals surface area contributed by atoms with Crippen molar-refractivity contribution in [2.45, 2.75) is 25.9 Å². The zero-order valence-electron chi connectivity index (χ0n) is 18.6. The fourth-order valence-corrected chi connectivity index (χ4v) is 4.10. The third kappa shape index (κ3) is 3.57. The Morgan fingerprint density at radius 1 is 1.12 bits per heavy atom. The van der Waals surface area contributed by atoms with Crippen molar-refractivity contribution in [2.24, 2.45) is 7.05 Å². The van der Waals surface area contributed by atoms with E-state index < -0.39 is 6.04 Å². The second-order valence-corrected chi connectivity index (χ2v) is 7.54. The van der Waals surface area contributed by atoms with E-state index in [1.165, 1.54) is 4.68 Å². The van der Waals surface area contributed by atoms with Crippen molar-refractivity contribution in [3.05, 3.63) is 64.6 Å². The van der Waals surface area contributed by atoms with Crippen LogP contribution in [0.4, 0.5) is 0 Å². The Balaban J connectivity index is 1.73. The molecule has 1 amide bonds.